The predicted octanol–water partition coefficient (Wildman–Crippen LogP) is -0.212. The third-order valence-corrected chi connectivity index (χ3v) is 2.45. The lowest BCUT2D eigenvalue weighted by atomic mass is 10.2. The minimum Gasteiger partial charge on any atom is -0.354 e. The zero-order valence-corrected chi connectivity index (χ0v) is 10.3. The van der Waals surface area contributed by atoms with Crippen LogP contribution in [0.5, 0.6) is 0 Å². The number of carbonyl (C=O) groups is 2. The van der Waals surface area contributed by atoms with Crippen molar-refractivity contribution in [2.75, 3.05) is 13.1 Å². The van der Waals surface area contributed by atoms with Gasteiger partial charge in [0.05, 0.1) is 6.04 Å². The van der Waals surface area contributed by atoms with Gasteiger partial charge in [0, 0.05) is 19.0 Å². The van der Waals surface area contributed by atoms with Crippen LogP contribution in [0.2, 0.25) is 0 Å². The van der Waals surface area contributed by atoms with E-state index in [9.17, 15) is 9.59 Å². The summed E-state index contributed by atoms with van der Waals surface area (Å²) in [6, 6.07) is -0.441. The lowest BCUT2D eigenvalue weighted by molar-refractivity contribution is -0.124. The van der Waals surface area contributed by atoms with E-state index >= 15 is 0 Å². The Bertz CT molecular complexity index is 244. The van der Waals surface area contributed by atoms with Gasteiger partial charge in [0.2, 0.25) is 11.8 Å². The SMILES string of the molecule is CC[C@H](N)C(=O)NCCNC(=O)C1CC1.Cl. The maximum absolute atomic E-state index is 11.2. The van der Waals surface area contributed by atoms with Crippen LogP contribution in [0.4, 0.5) is 0 Å². The van der Waals surface area contributed by atoms with Crippen molar-refractivity contribution in [2.24, 2.45) is 11.7 Å². The second-order valence-corrected chi connectivity index (χ2v) is 3.87. The van der Waals surface area contributed by atoms with E-state index in [0.29, 0.717) is 19.5 Å². The summed E-state index contributed by atoms with van der Waals surface area (Å²) < 4.78 is 0. The molecule has 1 aliphatic carbocycles. The molecule has 1 aliphatic rings. The molecule has 0 aliphatic heterocycles. The molecule has 16 heavy (non-hydrogen) atoms. The van der Waals surface area contributed by atoms with Crippen LogP contribution in [-0.2, 0) is 9.59 Å². The van der Waals surface area contributed by atoms with Crippen molar-refractivity contribution in [3.05, 3.63) is 0 Å². The lowest BCUT2D eigenvalue weighted by Gasteiger charge is -2.10. The highest BCUT2D eigenvalue weighted by molar-refractivity contribution is 5.85. The largest absolute Gasteiger partial charge is 0.354 e. The van der Waals surface area contributed by atoms with E-state index in [0.717, 1.165) is 12.8 Å². The van der Waals surface area contributed by atoms with Crippen molar-refractivity contribution in [3.8, 4) is 0 Å². The number of nitrogens with one attached hydrogen (secondary N) is 2. The van der Waals surface area contributed by atoms with Crippen molar-refractivity contribution in [1.29, 1.82) is 0 Å². The Kier molecular flexibility index (Phi) is 7.08. The van der Waals surface area contributed by atoms with Gasteiger partial charge >= 0.3 is 0 Å². The topological polar surface area (TPSA) is 84.2 Å². The molecule has 0 unspecified atom stereocenters. The summed E-state index contributed by atoms with van der Waals surface area (Å²) >= 11 is 0. The summed E-state index contributed by atoms with van der Waals surface area (Å²) in [7, 11) is 0. The highest BCUT2D eigenvalue weighted by Gasteiger charge is 2.28. The summed E-state index contributed by atoms with van der Waals surface area (Å²) in [5.74, 6) is 0.167. The molecule has 0 aromatic carbocycles. The van der Waals surface area contributed by atoms with E-state index in [1.807, 2.05) is 6.92 Å². The first-order valence-electron chi connectivity index (χ1n) is 5.46. The average molecular weight is 250 g/mol. The first kappa shape index (κ1) is 15.2. The molecule has 0 bridgehead atoms. The van der Waals surface area contributed by atoms with Crippen molar-refractivity contribution in [1.82, 2.24) is 10.6 Å². The maximum atomic E-state index is 11.2. The van der Waals surface area contributed by atoms with Crippen molar-refractivity contribution >= 4 is 24.2 Å². The van der Waals surface area contributed by atoms with Gasteiger partial charge in [-0.3, -0.25) is 9.59 Å². The van der Waals surface area contributed by atoms with Gasteiger partial charge in [-0.05, 0) is 19.3 Å². The molecule has 0 heterocycles. The van der Waals surface area contributed by atoms with Crippen molar-refractivity contribution in [3.63, 3.8) is 0 Å². The third kappa shape index (κ3) is 5.32. The average Bonchev–Trinajstić information content (AvgIpc) is 3.06. The Balaban J connectivity index is 0.00000225. The number of hydrogen-bond donors (Lipinski definition) is 3. The molecule has 1 saturated carbocycles. The molecule has 0 radical (unpaired) electrons. The molecule has 1 fully saturated rings. The van der Waals surface area contributed by atoms with E-state index in [2.05, 4.69) is 10.6 Å². The Morgan fingerprint density at radius 2 is 1.88 bits per heavy atom. The zero-order chi connectivity index (χ0) is 11.3. The highest BCUT2D eigenvalue weighted by Crippen LogP contribution is 2.28. The molecule has 0 aromatic heterocycles. The first-order valence-corrected chi connectivity index (χ1v) is 5.46. The number of rotatable bonds is 6. The van der Waals surface area contributed by atoms with Crippen LogP contribution >= 0.6 is 12.4 Å². The fourth-order valence-corrected chi connectivity index (χ4v) is 1.18. The van der Waals surface area contributed by atoms with Gasteiger partial charge in [0.1, 0.15) is 0 Å². The Hall–Kier alpha value is -0.810. The Morgan fingerprint density at radius 3 is 2.38 bits per heavy atom. The van der Waals surface area contributed by atoms with Gasteiger partial charge in [0.25, 0.3) is 0 Å². The molecular weight excluding hydrogens is 230 g/mol. The monoisotopic (exact) mass is 249 g/mol. The van der Waals surface area contributed by atoms with E-state index in [4.69, 9.17) is 5.73 Å². The quantitative estimate of drug-likeness (QED) is 0.570. The number of carbonyl (C=O) groups excluding carboxylic acids is 2. The van der Waals surface area contributed by atoms with Crippen molar-refractivity contribution in [2.45, 2.75) is 32.2 Å². The Labute approximate surface area is 102 Å². The standard InChI is InChI=1S/C10H19N3O2.ClH/c1-2-8(11)10(15)13-6-5-12-9(14)7-3-4-7;/h7-8H,2-6,11H2,1H3,(H,12,14)(H,13,15);1H/t8-;/m0./s1. The minimum atomic E-state index is -0.441. The molecule has 0 aromatic rings. The van der Waals surface area contributed by atoms with Gasteiger partial charge in [-0.1, -0.05) is 6.92 Å². The smallest absolute Gasteiger partial charge is 0.236 e. The minimum absolute atomic E-state index is 0. The third-order valence-electron chi connectivity index (χ3n) is 2.45. The first-order chi connectivity index (χ1) is 7.15. The van der Waals surface area contributed by atoms with Crippen LogP contribution in [-0.4, -0.2) is 30.9 Å². The van der Waals surface area contributed by atoms with Crippen LogP contribution in [0.3, 0.4) is 0 Å². The van der Waals surface area contributed by atoms with Crippen LogP contribution < -0.4 is 16.4 Å². The number of amides is 2. The number of halogens is 1. The van der Waals surface area contributed by atoms with E-state index in [1.165, 1.54) is 0 Å². The van der Waals surface area contributed by atoms with E-state index in [-0.39, 0.29) is 30.1 Å². The van der Waals surface area contributed by atoms with Crippen LogP contribution in [0.15, 0.2) is 0 Å². The summed E-state index contributed by atoms with van der Waals surface area (Å²) in [5.41, 5.74) is 5.52. The van der Waals surface area contributed by atoms with Gasteiger partial charge in [-0.15, -0.1) is 12.4 Å². The van der Waals surface area contributed by atoms with Gasteiger partial charge in [0.15, 0.2) is 0 Å². The molecule has 2 amide bonds. The van der Waals surface area contributed by atoms with Crippen molar-refractivity contribution < 1.29 is 9.59 Å². The van der Waals surface area contributed by atoms with Gasteiger partial charge < -0.3 is 16.4 Å². The van der Waals surface area contributed by atoms with Crippen LogP contribution in [0, 0.1) is 5.92 Å². The molecule has 0 saturated heterocycles. The molecular formula is C10H20ClN3O2. The van der Waals surface area contributed by atoms with Crippen LogP contribution in [0.1, 0.15) is 26.2 Å². The zero-order valence-electron chi connectivity index (χ0n) is 9.49. The highest BCUT2D eigenvalue weighted by atomic mass is 35.5. The second kappa shape index (κ2) is 7.46. The fourth-order valence-electron chi connectivity index (χ4n) is 1.18. The van der Waals surface area contributed by atoms with E-state index in [1.54, 1.807) is 0 Å². The molecule has 5 nitrogen and oxygen atoms in total. The fraction of sp³-hybridized carbons (Fsp3) is 0.800. The Morgan fingerprint density at radius 1 is 1.31 bits per heavy atom. The molecule has 1 atom stereocenters. The molecule has 1 rings (SSSR count). The summed E-state index contributed by atoms with van der Waals surface area (Å²) in [5, 5.41) is 5.43. The summed E-state index contributed by atoms with van der Waals surface area (Å²) in [4.78, 5) is 22.4. The predicted molar refractivity (Wildman–Crippen MR) is 64.3 cm³/mol. The normalized spacial score (nSPS) is 15.9. The maximum Gasteiger partial charge on any atom is 0.236 e. The number of hydrogen-bond acceptors (Lipinski definition) is 3. The molecule has 4 N–H and O–H groups in total. The lowest BCUT2D eigenvalue weighted by Crippen LogP contribution is -2.43. The van der Waals surface area contributed by atoms with Gasteiger partial charge in [-0.25, -0.2) is 0 Å². The molecule has 0 spiro atoms. The molecule has 94 valence electrons. The van der Waals surface area contributed by atoms with E-state index < -0.39 is 6.04 Å². The molecule has 6 heteroatoms. The second-order valence-electron chi connectivity index (χ2n) is 3.87. The van der Waals surface area contributed by atoms with Crippen LogP contribution in [0.25, 0.3) is 0 Å². The summed E-state index contributed by atoms with van der Waals surface area (Å²) in [6.07, 6.45) is 2.62. The summed E-state index contributed by atoms with van der Waals surface area (Å²) in [6.45, 7) is 2.79. The number of nitrogens with two attached hydrogens (primary N) is 1. The van der Waals surface area contributed by atoms with Gasteiger partial charge in [-0.2, -0.15) is 0 Å².